The molecule has 1 heterocycles. The molecule has 0 saturated carbocycles. The number of amides is 1. The summed E-state index contributed by atoms with van der Waals surface area (Å²) < 4.78 is 0. The van der Waals surface area contributed by atoms with Gasteiger partial charge in [0.1, 0.15) is 0 Å². The van der Waals surface area contributed by atoms with Gasteiger partial charge in [0.25, 0.3) is 0 Å². The summed E-state index contributed by atoms with van der Waals surface area (Å²) in [6, 6.07) is 5.43. The van der Waals surface area contributed by atoms with Crippen LogP contribution >= 0.6 is 11.6 Å². The minimum absolute atomic E-state index is 0.00216. The summed E-state index contributed by atoms with van der Waals surface area (Å²) in [7, 11) is 0. The number of nitrogens with one attached hydrogen (secondary N) is 1. The number of carbonyl (C=O) groups is 1. The maximum Gasteiger partial charge on any atom is 0.241 e. The number of rotatable bonds is 3. The molecule has 1 amide bonds. The highest BCUT2D eigenvalue weighted by molar-refractivity contribution is 6.33. The highest BCUT2D eigenvalue weighted by atomic mass is 35.5. The van der Waals surface area contributed by atoms with Crippen LogP contribution in [-0.2, 0) is 4.79 Å². The Bertz CT molecular complexity index is 520. The van der Waals surface area contributed by atoms with Crippen LogP contribution in [0.25, 0.3) is 0 Å². The van der Waals surface area contributed by atoms with Gasteiger partial charge in [-0.25, -0.2) is 0 Å². The predicted octanol–water partition coefficient (Wildman–Crippen LogP) is 3.37. The lowest BCUT2D eigenvalue weighted by atomic mass is 9.91. The zero-order chi connectivity index (χ0) is 15.6. The monoisotopic (exact) mass is 309 g/mol. The quantitative estimate of drug-likeness (QED) is 0.842. The number of anilines is 2. The summed E-state index contributed by atoms with van der Waals surface area (Å²) in [6.07, 6.45) is 2.39. The van der Waals surface area contributed by atoms with Gasteiger partial charge >= 0.3 is 0 Å². The third-order valence-electron chi connectivity index (χ3n) is 4.56. The molecule has 1 aromatic carbocycles. The van der Waals surface area contributed by atoms with Crippen molar-refractivity contribution >= 4 is 28.9 Å². The van der Waals surface area contributed by atoms with Gasteiger partial charge < -0.3 is 11.1 Å². The van der Waals surface area contributed by atoms with Crippen molar-refractivity contribution in [3.63, 3.8) is 0 Å². The van der Waals surface area contributed by atoms with E-state index in [0.717, 1.165) is 13.0 Å². The molecule has 0 aliphatic carbocycles. The van der Waals surface area contributed by atoms with Gasteiger partial charge in [-0.15, -0.1) is 0 Å². The van der Waals surface area contributed by atoms with Crippen LogP contribution in [0.4, 0.5) is 11.4 Å². The van der Waals surface area contributed by atoms with Crippen molar-refractivity contribution in [1.82, 2.24) is 4.90 Å². The van der Waals surface area contributed by atoms with E-state index >= 15 is 0 Å². The zero-order valence-electron chi connectivity index (χ0n) is 12.9. The second-order valence-electron chi connectivity index (χ2n) is 6.00. The summed E-state index contributed by atoms with van der Waals surface area (Å²) in [6.45, 7) is 7.39. The van der Waals surface area contributed by atoms with Crippen molar-refractivity contribution in [2.24, 2.45) is 5.92 Å². The fraction of sp³-hybridized carbons (Fsp3) is 0.562. The van der Waals surface area contributed by atoms with Crippen LogP contribution in [0, 0.1) is 5.92 Å². The van der Waals surface area contributed by atoms with Gasteiger partial charge in [-0.1, -0.05) is 18.5 Å². The molecule has 0 aromatic heterocycles. The van der Waals surface area contributed by atoms with Crippen molar-refractivity contribution in [3.05, 3.63) is 23.2 Å². The molecule has 3 N–H and O–H groups in total. The maximum atomic E-state index is 12.4. The van der Waals surface area contributed by atoms with Crippen LogP contribution in [0.3, 0.4) is 0 Å². The standard InChI is InChI=1S/C16H24ClN3O/c1-10-5-4-8-20(11(10)2)12(3)16(21)19-13-6-7-14(17)15(18)9-13/h6-7,9-12H,4-5,8,18H2,1-3H3,(H,19,21). The number of benzene rings is 1. The van der Waals surface area contributed by atoms with E-state index in [1.165, 1.54) is 6.42 Å². The summed E-state index contributed by atoms with van der Waals surface area (Å²) >= 11 is 5.89. The third kappa shape index (κ3) is 3.69. The molecular formula is C16H24ClN3O. The first-order chi connectivity index (χ1) is 9.90. The molecule has 116 valence electrons. The van der Waals surface area contributed by atoms with E-state index in [1.54, 1.807) is 18.2 Å². The van der Waals surface area contributed by atoms with Crippen LogP contribution in [0.2, 0.25) is 5.02 Å². The molecule has 2 rings (SSSR count). The Hall–Kier alpha value is -1.26. The van der Waals surface area contributed by atoms with Crippen LogP contribution in [-0.4, -0.2) is 29.4 Å². The highest BCUT2D eigenvalue weighted by Gasteiger charge is 2.31. The Morgan fingerprint density at radius 2 is 2.19 bits per heavy atom. The number of halogens is 1. The Morgan fingerprint density at radius 3 is 2.86 bits per heavy atom. The summed E-state index contributed by atoms with van der Waals surface area (Å²) in [5.41, 5.74) is 6.92. The van der Waals surface area contributed by atoms with E-state index in [2.05, 4.69) is 24.1 Å². The number of hydrogen-bond donors (Lipinski definition) is 2. The van der Waals surface area contributed by atoms with Crippen molar-refractivity contribution in [2.75, 3.05) is 17.6 Å². The molecule has 1 aliphatic rings. The Kier molecular flexibility index (Phi) is 5.12. The molecule has 1 fully saturated rings. The fourth-order valence-corrected chi connectivity index (χ4v) is 3.05. The smallest absolute Gasteiger partial charge is 0.241 e. The number of likely N-dealkylation sites (tertiary alicyclic amines) is 1. The number of piperidine rings is 1. The van der Waals surface area contributed by atoms with Gasteiger partial charge in [0.15, 0.2) is 0 Å². The van der Waals surface area contributed by atoms with E-state index in [9.17, 15) is 4.79 Å². The topological polar surface area (TPSA) is 58.4 Å². The molecule has 21 heavy (non-hydrogen) atoms. The number of nitrogen functional groups attached to an aromatic ring is 1. The number of hydrogen-bond acceptors (Lipinski definition) is 3. The fourth-order valence-electron chi connectivity index (χ4n) is 2.93. The lowest BCUT2D eigenvalue weighted by molar-refractivity contribution is -0.122. The number of nitrogens with zero attached hydrogens (tertiary/aromatic N) is 1. The SMILES string of the molecule is CC1CCCN(C(C)C(=O)Nc2ccc(Cl)c(N)c2)C1C. The van der Waals surface area contributed by atoms with E-state index in [4.69, 9.17) is 17.3 Å². The average molecular weight is 310 g/mol. The number of carbonyl (C=O) groups excluding carboxylic acids is 1. The maximum absolute atomic E-state index is 12.4. The first kappa shape index (κ1) is 16.1. The van der Waals surface area contributed by atoms with Crippen molar-refractivity contribution in [1.29, 1.82) is 0 Å². The second kappa shape index (κ2) is 6.67. The molecular weight excluding hydrogens is 286 g/mol. The molecule has 1 aliphatic heterocycles. The Morgan fingerprint density at radius 1 is 1.48 bits per heavy atom. The zero-order valence-corrected chi connectivity index (χ0v) is 13.7. The van der Waals surface area contributed by atoms with E-state index in [-0.39, 0.29) is 11.9 Å². The van der Waals surface area contributed by atoms with Crippen molar-refractivity contribution in [2.45, 2.75) is 45.7 Å². The van der Waals surface area contributed by atoms with Gasteiger partial charge in [-0.2, -0.15) is 0 Å². The summed E-state index contributed by atoms with van der Waals surface area (Å²) in [5, 5.41) is 3.42. The lowest BCUT2D eigenvalue weighted by Crippen LogP contribution is -2.51. The minimum Gasteiger partial charge on any atom is -0.397 e. The first-order valence-corrected chi connectivity index (χ1v) is 7.89. The summed E-state index contributed by atoms with van der Waals surface area (Å²) in [5.74, 6) is 0.623. The Balaban J connectivity index is 2.03. The molecule has 0 spiro atoms. The average Bonchev–Trinajstić information content (AvgIpc) is 2.45. The summed E-state index contributed by atoms with van der Waals surface area (Å²) in [4.78, 5) is 14.7. The molecule has 3 atom stereocenters. The Labute approximate surface area is 131 Å². The van der Waals surface area contributed by atoms with Crippen LogP contribution < -0.4 is 11.1 Å². The van der Waals surface area contributed by atoms with E-state index < -0.39 is 0 Å². The molecule has 0 bridgehead atoms. The molecule has 1 aromatic rings. The largest absolute Gasteiger partial charge is 0.397 e. The van der Waals surface area contributed by atoms with Gasteiger partial charge in [-0.05, 0) is 57.4 Å². The van der Waals surface area contributed by atoms with Crippen molar-refractivity contribution in [3.8, 4) is 0 Å². The van der Waals surface area contributed by atoms with Gasteiger partial charge in [0.05, 0.1) is 16.8 Å². The first-order valence-electron chi connectivity index (χ1n) is 7.51. The molecule has 5 heteroatoms. The van der Waals surface area contributed by atoms with Gasteiger partial charge in [0.2, 0.25) is 5.91 Å². The molecule has 1 saturated heterocycles. The number of nitrogens with two attached hydrogens (primary N) is 1. The third-order valence-corrected chi connectivity index (χ3v) is 4.91. The van der Waals surface area contributed by atoms with Crippen LogP contribution in [0.1, 0.15) is 33.6 Å². The van der Waals surface area contributed by atoms with E-state index in [0.29, 0.717) is 28.4 Å². The molecule has 3 unspecified atom stereocenters. The van der Waals surface area contributed by atoms with Crippen molar-refractivity contribution < 1.29 is 4.79 Å². The van der Waals surface area contributed by atoms with Gasteiger partial charge in [0, 0.05) is 11.7 Å². The molecule has 4 nitrogen and oxygen atoms in total. The predicted molar refractivity (Wildman–Crippen MR) is 88.5 cm³/mol. The van der Waals surface area contributed by atoms with Gasteiger partial charge in [-0.3, -0.25) is 9.69 Å². The normalized spacial score (nSPS) is 24.6. The van der Waals surface area contributed by atoms with E-state index in [1.807, 2.05) is 6.92 Å². The lowest BCUT2D eigenvalue weighted by Gasteiger charge is -2.41. The van der Waals surface area contributed by atoms with Crippen LogP contribution in [0.5, 0.6) is 0 Å². The van der Waals surface area contributed by atoms with Crippen LogP contribution in [0.15, 0.2) is 18.2 Å². The second-order valence-corrected chi connectivity index (χ2v) is 6.41. The minimum atomic E-state index is -0.153. The molecule has 0 radical (unpaired) electrons. The highest BCUT2D eigenvalue weighted by Crippen LogP contribution is 2.26.